The Morgan fingerprint density at radius 1 is 0.741 bits per heavy atom. The van der Waals surface area contributed by atoms with Gasteiger partial charge in [-0.05, 0) is 6.42 Å². The molecule has 0 unspecified atom stereocenters. The van der Waals surface area contributed by atoms with Gasteiger partial charge >= 0.3 is 35.5 Å². The van der Waals surface area contributed by atoms with Crippen molar-refractivity contribution in [2.24, 2.45) is 5.73 Å². The van der Waals surface area contributed by atoms with Crippen molar-refractivity contribution in [2.45, 2.75) is 135 Å². The van der Waals surface area contributed by atoms with Crippen LogP contribution in [0.5, 0.6) is 0 Å². The van der Waals surface area contributed by atoms with Gasteiger partial charge in [-0.1, -0.05) is 116 Å². The number of carboxylic acids is 1. The van der Waals surface area contributed by atoms with E-state index in [1.165, 1.54) is 96.3 Å². The summed E-state index contributed by atoms with van der Waals surface area (Å²) in [6, 6.07) is -1.14. The minimum Gasteiger partial charge on any atom is -1.00 e. The van der Waals surface area contributed by atoms with E-state index in [4.69, 9.17) is 10.8 Å². The molecule has 0 saturated heterocycles. The Bertz CT molecular complexity index is 322. The summed E-state index contributed by atoms with van der Waals surface area (Å²) in [6.45, 7) is 2.27. The minimum atomic E-state index is -1.14. The van der Waals surface area contributed by atoms with Gasteiger partial charge in [0.15, 0.2) is 0 Å². The van der Waals surface area contributed by atoms with Crippen molar-refractivity contribution in [1.82, 2.24) is 0 Å². The largest absolute Gasteiger partial charge is 1.00 e. The molecule has 27 heavy (non-hydrogen) atoms. The molecular weight excluding hydrogens is 349 g/mol. The number of unbranched alkanes of at least 4 members (excludes halogenated alkanes) is 16. The molecule has 158 valence electrons. The van der Waals surface area contributed by atoms with Crippen LogP contribution >= 0.6 is 0 Å². The Morgan fingerprint density at radius 3 is 1.33 bits per heavy atom. The van der Waals surface area contributed by atoms with Gasteiger partial charge in [0.05, 0.1) is 6.10 Å². The molecule has 0 fully saturated rings. The first-order valence-electron chi connectivity index (χ1n) is 11.3. The van der Waals surface area contributed by atoms with E-state index >= 15 is 0 Å². The van der Waals surface area contributed by atoms with Gasteiger partial charge in [-0.3, -0.25) is 4.79 Å². The van der Waals surface area contributed by atoms with Gasteiger partial charge in [-0.2, -0.15) is 0 Å². The number of nitrogens with two attached hydrogens (primary N) is 1. The Kier molecular flexibility index (Phi) is 24.9. The summed E-state index contributed by atoms with van der Waals surface area (Å²) in [5.41, 5.74) is 5.38. The summed E-state index contributed by atoms with van der Waals surface area (Å²) in [5, 5.41) is 18.3. The number of carbonyl (C=O) groups is 1. The van der Waals surface area contributed by atoms with Gasteiger partial charge in [-0.15, -0.1) is 0 Å². The van der Waals surface area contributed by atoms with Gasteiger partial charge in [0, 0.05) is 0 Å². The van der Waals surface area contributed by atoms with Crippen molar-refractivity contribution in [3.05, 3.63) is 0 Å². The van der Waals surface area contributed by atoms with Crippen molar-refractivity contribution >= 4 is 5.97 Å². The first kappa shape index (κ1) is 29.6. The summed E-state index contributed by atoms with van der Waals surface area (Å²) in [4.78, 5) is 10.6. The molecule has 0 bridgehead atoms. The molecule has 0 heterocycles. The van der Waals surface area contributed by atoms with E-state index in [1.54, 1.807) is 0 Å². The topological polar surface area (TPSA) is 83.5 Å². The maximum absolute atomic E-state index is 10.6. The second kappa shape index (κ2) is 22.7. The zero-order chi connectivity index (χ0) is 19.5. The normalized spacial score (nSPS) is 13.1. The molecule has 0 rings (SSSR count). The van der Waals surface area contributed by atoms with Crippen LogP contribution in [0.4, 0.5) is 0 Å². The minimum absolute atomic E-state index is 0. The van der Waals surface area contributed by atoms with Crippen LogP contribution in [0.1, 0.15) is 124 Å². The maximum atomic E-state index is 10.6. The Balaban J connectivity index is -0.00000312. The molecule has 0 spiro atoms. The molecule has 0 aromatic rings. The third-order valence-electron chi connectivity index (χ3n) is 5.30. The quantitative estimate of drug-likeness (QED) is 0.219. The van der Waals surface area contributed by atoms with E-state index in [-0.39, 0.29) is 31.0 Å². The van der Waals surface area contributed by atoms with Gasteiger partial charge < -0.3 is 17.4 Å². The van der Waals surface area contributed by atoms with Crippen LogP contribution in [-0.2, 0) is 4.79 Å². The smallest absolute Gasteiger partial charge is 1.00 e. The molecule has 0 aliphatic heterocycles. The number of aliphatic hydroxyl groups excluding tert-OH is 1. The third kappa shape index (κ3) is 20.9. The predicted octanol–water partition coefficient (Wildman–Crippen LogP) is 2.92. The van der Waals surface area contributed by atoms with Crippen LogP contribution < -0.4 is 35.3 Å². The zero-order valence-electron chi connectivity index (χ0n) is 19.3. The van der Waals surface area contributed by atoms with Crippen LogP contribution in [-0.4, -0.2) is 28.3 Å². The zero-order valence-corrected chi connectivity index (χ0v) is 20.3. The third-order valence-corrected chi connectivity index (χ3v) is 5.30. The molecule has 4 nitrogen and oxygen atoms in total. The van der Waals surface area contributed by atoms with Gasteiger partial charge in [0.2, 0.25) is 0 Å². The molecule has 0 aromatic heterocycles. The molecule has 5 heteroatoms. The van der Waals surface area contributed by atoms with Crippen molar-refractivity contribution in [1.29, 1.82) is 0 Å². The molecule has 0 radical (unpaired) electrons. The number of rotatable bonds is 20. The van der Waals surface area contributed by atoms with E-state index in [0.717, 1.165) is 12.8 Å². The average molecular weight is 396 g/mol. The second-order valence-corrected chi connectivity index (χ2v) is 7.88. The van der Waals surface area contributed by atoms with Gasteiger partial charge in [-0.25, -0.2) is 0 Å². The molecule has 0 saturated carbocycles. The number of carboxylic acid groups (broad SMARTS) is 1. The Morgan fingerprint density at radius 2 is 1.04 bits per heavy atom. The fourth-order valence-electron chi connectivity index (χ4n) is 3.42. The Labute approximate surface area is 191 Å². The van der Waals surface area contributed by atoms with E-state index in [1.807, 2.05) is 0 Å². The summed E-state index contributed by atoms with van der Waals surface area (Å²) < 4.78 is 0. The van der Waals surface area contributed by atoms with Crippen LogP contribution in [0.2, 0.25) is 0 Å². The second-order valence-electron chi connectivity index (χ2n) is 7.88. The maximum Gasteiger partial charge on any atom is 1.00 e. The van der Waals surface area contributed by atoms with Crippen molar-refractivity contribution in [2.75, 3.05) is 0 Å². The molecule has 2 atom stereocenters. The van der Waals surface area contributed by atoms with E-state index in [2.05, 4.69) is 6.92 Å². The predicted molar refractivity (Wildman–Crippen MR) is 112 cm³/mol. The van der Waals surface area contributed by atoms with Gasteiger partial charge in [0.25, 0.3) is 0 Å². The van der Waals surface area contributed by atoms with E-state index in [0.29, 0.717) is 6.42 Å². The van der Waals surface area contributed by atoms with Crippen LogP contribution in [0.25, 0.3) is 0 Å². The summed E-state index contributed by atoms with van der Waals surface area (Å²) >= 11 is 0. The van der Waals surface area contributed by atoms with Gasteiger partial charge in [0.1, 0.15) is 6.04 Å². The molecule has 0 aromatic carbocycles. The fraction of sp³-hybridized carbons (Fsp3) is 0.955. The van der Waals surface area contributed by atoms with E-state index < -0.39 is 18.1 Å². The number of aliphatic hydroxyl groups is 1. The first-order chi connectivity index (χ1) is 12.6. The van der Waals surface area contributed by atoms with Crippen LogP contribution in [0, 0.1) is 0 Å². The fourth-order valence-corrected chi connectivity index (χ4v) is 3.42. The summed E-state index contributed by atoms with van der Waals surface area (Å²) in [6.07, 6.45) is 22.0. The molecule has 0 aliphatic rings. The molecule has 0 amide bonds. The van der Waals surface area contributed by atoms with Crippen LogP contribution in [0.15, 0.2) is 0 Å². The standard InChI is InChI=1S/C22H45NO3.Na.H/c1-2-3-4-5-6-7-8-9-10-11-12-13-14-15-16-17-18-19-20(24)21(23)22(25)26;;/h20-21,24H,2-19,23H2,1H3,(H,25,26);;/q;+1;-1/t20-,21+;;/m1../s1. The number of aliphatic carboxylic acids is 1. The van der Waals surface area contributed by atoms with Crippen molar-refractivity contribution in [3.8, 4) is 0 Å². The monoisotopic (exact) mass is 395 g/mol. The van der Waals surface area contributed by atoms with Crippen LogP contribution in [0.3, 0.4) is 0 Å². The van der Waals surface area contributed by atoms with Crippen molar-refractivity contribution in [3.63, 3.8) is 0 Å². The first-order valence-corrected chi connectivity index (χ1v) is 11.3. The molecule has 4 N–H and O–H groups in total. The summed E-state index contributed by atoms with van der Waals surface area (Å²) in [5.74, 6) is -1.12. The van der Waals surface area contributed by atoms with Crippen molar-refractivity contribution < 1.29 is 46.0 Å². The number of hydrogen-bond donors (Lipinski definition) is 3. The summed E-state index contributed by atoms with van der Waals surface area (Å²) in [7, 11) is 0. The average Bonchev–Trinajstić information content (AvgIpc) is 2.63. The number of hydrogen-bond acceptors (Lipinski definition) is 3. The SMILES string of the molecule is CCCCCCCCCCCCCCCCCCC[C@@H](O)[C@H](N)C(=O)O.[H-].[Na+]. The van der Waals surface area contributed by atoms with E-state index in [9.17, 15) is 9.90 Å². The molecular formula is C22H46NNaO3. The molecule has 0 aliphatic carbocycles. The Hall–Kier alpha value is 0.390.